The first-order valence-electron chi connectivity index (χ1n) is 8.25. The molecule has 0 spiro atoms. The van der Waals surface area contributed by atoms with Gasteiger partial charge in [0.1, 0.15) is 0 Å². The molecule has 4 heteroatoms. The molecule has 0 atom stereocenters. The molecule has 1 aromatic carbocycles. The van der Waals surface area contributed by atoms with Crippen LogP contribution >= 0.6 is 0 Å². The molecule has 1 rings (SSSR count). The quantitative estimate of drug-likeness (QED) is 0.340. The van der Waals surface area contributed by atoms with E-state index in [-0.39, 0.29) is 5.96 Å². The van der Waals surface area contributed by atoms with Crippen LogP contribution in [0.1, 0.15) is 45.6 Å². The van der Waals surface area contributed by atoms with Crippen LogP contribution in [0.25, 0.3) is 0 Å². The van der Waals surface area contributed by atoms with Crippen molar-refractivity contribution in [3.63, 3.8) is 0 Å². The summed E-state index contributed by atoms with van der Waals surface area (Å²) in [5.74, 6) is 0.0375. The van der Waals surface area contributed by atoms with Gasteiger partial charge in [0.2, 0.25) is 0 Å². The summed E-state index contributed by atoms with van der Waals surface area (Å²) in [5, 5.41) is 10.1. The molecule has 0 amide bonds. The molecule has 0 bridgehead atoms. The summed E-state index contributed by atoms with van der Waals surface area (Å²) in [6.45, 7) is 7.65. The van der Waals surface area contributed by atoms with Gasteiger partial charge in [0, 0.05) is 0 Å². The van der Waals surface area contributed by atoms with E-state index in [1.807, 2.05) is 0 Å². The van der Waals surface area contributed by atoms with Crippen LogP contribution in [-0.2, 0) is 6.54 Å². The third kappa shape index (κ3) is 5.53. The third-order valence-corrected chi connectivity index (χ3v) is 21.2. The van der Waals surface area contributed by atoms with Gasteiger partial charge in [-0.2, -0.15) is 0 Å². The zero-order valence-corrected chi connectivity index (χ0v) is 16.7. The van der Waals surface area contributed by atoms with Gasteiger partial charge in [-0.3, -0.25) is 0 Å². The van der Waals surface area contributed by atoms with Gasteiger partial charge in [0.05, 0.1) is 0 Å². The van der Waals surface area contributed by atoms with Crippen LogP contribution in [0.15, 0.2) is 24.3 Å². The molecule has 4 N–H and O–H groups in total. The Balaban J connectivity index is 2.93. The van der Waals surface area contributed by atoms with Gasteiger partial charge in [-0.15, -0.1) is 0 Å². The van der Waals surface area contributed by atoms with E-state index in [1.165, 1.54) is 38.1 Å². The molecule has 118 valence electrons. The van der Waals surface area contributed by atoms with Gasteiger partial charge in [-0.25, -0.2) is 0 Å². The summed E-state index contributed by atoms with van der Waals surface area (Å²) in [7, 11) is 0. The molecule has 1 aromatic rings. The predicted molar refractivity (Wildman–Crippen MR) is 95.9 cm³/mol. The normalized spacial score (nSPS) is 11.4. The predicted octanol–water partition coefficient (Wildman–Crippen LogP) is 3.56. The molecule has 0 radical (unpaired) electrons. The van der Waals surface area contributed by atoms with Crippen molar-refractivity contribution in [2.75, 3.05) is 0 Å². The van der Waals surface area contributed by atoms with E-state index in [4.69, 9.17) is 11.1 Å². The van der Waals surface area contributed by atoms with Gasteiger partial charge in [0.15, 0.2) is 0 Å². The fraction of sp³-hybridized carbons (Fsp3) is 0.588. The van der Waals surface area contributed by atoms with Crippen LogP contribution < -0.4 is 14.6 Å². The van der Waals surface area contributed by atoms with Gasteiger partial charge < -0.3 is 0 Å². The van der Waals surface area contributed by atoms with Crippen LogP contribution in [0.3, 0.4) is 0 Å². The first-order valence-corrected chi connectivity index (χ1v) is 15.7. The second-order valence-corrected chi connectivity index (χ2v) is 19.2. The van der Waals surface area contributed by atoms with Gasteiger partial charge in [-0.1, -0.05) is 0 Å². The molecule has 0 aliphatic carbocycles. The van der Waals surface area contributed by atoms with Crippen molar-refractivity contribution in [3.8, 4) is 0 Å². The van der Waals surface area contributed by atoms with Crippen molar-refractivity contribution in [1.82, 2.24) is 5.32 Å². The zero-order chi connectivity index (χ0) is 15.7. The molecule has 3 nitrogen and oxygen atoms in total. The van der Waals surface area contributed by atoms with E-state index in [0.717, 1.165) is 0 Å². The Morgan fingerprint density at radius 1 is 1.00 bits per heavy atom. The molecule has 0 aromatic heterocycles. The Hall–Kier alpha value is -0.711. The Labute approximate surface area is 134 Å². The Kier molecular flexibility index (Phi) is 8.15. The third-order valence-electron chi connectivity index (χ3n) is 4.23. The van der Waals surface area contributed by atoms with Gasteiger partial charge in [0.25, 0.3) is 0 Å². The topological polar surface area (TPSA) is 61.9 Å². The molecule has 0 unspecified atom stereocenters. The van der Waals surface area contributed by atoms with Crippen molar-refractivity contribution >= 4 is 27.9 Å². The molecule has 0 saturated heterocycles. The number of hydrogen-bond acceptors (Lipinski definition) is 1. The average Bonchev–Trinajstić information content (AvgIpc) is 2.46. The summed E-state index contributed by atoms with van der Waals surface area (Å²) < 4.78 is 6.10. The Morgan fingerprint density at radius 2 is 1.48 bits per heavy atom. The van der Waals surface area contributed by atoms with E-state index < -0.39 is 18.4 Å². The molecule has 0 fully saturated rings. The molecular weight excluding hydrogens is 365 g/mol. The SMILES string of the molecule is CC[CH2][Sn]([CH2]CC)([CH2]CC)[c]1ccc(CNC(=N)N)cc1. The number of guanidine groups is 1. The summed E-state index contributed by atoms with van der Waals surface area (Å²) in [6.07, 6.45) is 3.97. The van der Waals surface area contributed by atoms with E-state index in [2.05, 4.69) is 50.4 Å². The van der Waals surface area contributed by atoms with Crippen molar-refractivity contribution < 1.29 is 0 Å². The summed E-state index contributed by atoms with van der Waals surface area (Å²) in [6, 6.07) is 9.18. The minimum absolute atomic E-state index is 0.0375. The van der Waals surface area contributed by atoms with E-state index >= 15 is 0 Å². The average molecular weight is 396 g/mol. The summed E-state index contributed by atoms with van der Waals surface area (Å²) in [5.41, 5.74) is 6.55. The maximum absolute atomic E-state index is 7.23. The van der Waals surface area contributed by atoms with Crippen molar-refractivity contribution in [3.05, 3.63) is 29.8 Å². The van der Waals surface area contributed by atoms with Crippen molar-refractivity contribution in [2.24, 2.45) is 5.73 Å². The van der Waals surface area contributed by atoms with Crippen molar-refractivity contribution in [2.45, 2.75) is 59.9 Å². The fourth-order valence-corrected chi connectivity index (χ4v) is 18.7. The minimum atomic E-state index is -2.18. The van der Waals surface area contributed by atoms with E-state index in [1.54, 1.807) is 3.58 Å². The van der Waals surface area contributed by atoms with Gasteiger partial charge >= 0.3 is 134 Å². The zero-order valence-electron chi connectivity index (χ0n) is 13.8. The first kappa shape index (κ1) is 18.3. The number of rotatable bonds is 9. The molecule has 0 aliphatic heterocycles. The maximum atomic E-state index is 7.23. The van der Waals surface area contributed by atoms with Crippen LogP contribution in [0.5, 0.6) is 0 Å². The Bertz CT molecular complexity index is 411. The first-order chi connectivity index (χ1) is 10.1. The number of benzene rings is 1. The van der Waals surface area contributed by atoms with Crippen molar-refractivity contribution in [1.29, 1.82) is 5.41 Å². The molecule has 21 heavy (non-hydrogen) atoms. The molecule has 0 aliphatic rings. The molecule has 0 heterocycles. The van der Waals surface area contributed by atoms with Crippen LogP contribution in [-0.4, -0.2) is 24.3 Å². The summed E-state index contributed by atoms with van der Waals surface area (Å²) in [4.78, 5) is 0. The number of nitrogens with one attached hydrogen (secondary N) is 2. The standard InChI is InChI=1S/C8H10N3.3C3H7.Sn/c9-8(10)11-6-7-4-2-1-3-5-7;3*1-3-2;/h2-5H,6H2,(H4,9,10,11);3*1,3H2,2H3;. The number of nitrogens with two attached hydrogens (primary N) is 1. The monoisotopic (exact) mass is 397 g/mol. The van der Waals surface area contributed by atoms with Crippen LogP contribution in [0.2, 0.25) is 13.3 Å². The van der Waals surface area contributed by atoms with Gasteiger partial charge in [-0.05, 0) is 0 Å². The second-order valence-electron chi connectivity index (χ2n) is 5.99. The number of hydrogen-bond donors (Lipinski definition) is 3. The molecule has 0 saturated carbocycles. The van der Waals surface area contributed by atoms with E-state index in [0.29, 0.717) is 6.54 Å². The Morgan fingerprint density at radius 3 is 1.86 bits per heavy atom. The van der Waals surface area contributed by atoms with Crippen LogP contribution in [0.4, 0.5) is 0 Å². The fourth-order valence-electron chi connectivity index (χ4n) is 3.42. The van der Waals surface area contributed by atoms with E-state index in [9.17, 15) is 0 Å². The second kappa shape index (κ2) is 9.34. The molecular formula is C17H31N3Sn. The summed E-state index contributed by atoms with van der Waals surface area (Å²) >= 11 is -2.18. The van der Waals surface area contributed by atoms with Crippen LogP contribution in [0, 0.1) is 5.41 Å².